The molecule has 0 aliphatic carbocycles. The Morgan fingerprint density at radius 2 is 1.79 bits per heavy atom. The summed E-state index contributed by atoms with van der Waals surface area (Å²) in [7, 11) is 0. The second-order valence-electron chi connectivity index (χ2n) is 5.93. The molecule has 2 aromatic carbocycles. The van der Waals surface area contributed by atoms with Gasteiger partial charge in [0.25, 0.3) is 0 Å². The number of benzene rings is 2. The summed E-state index contributed by atoms with van der Waals surface area (Å²) in [6.45, 7) is 8.36. The molecule has 126 valence electrons. The summed E-state index contributed by atoms with van der Waals surface area (Å²) in [4.78, 5) is 11.9. The Hall–Kier alpha value is -2.07. The van der Waals surface area contributed by atoms with Crippen LogP contribution in [0.25, 0.3) is 0 Å². The lowest BCUT2D eigenvalue weighted by Crippen LogP contribution is -2.19. The number of amides is 1. The Balaban J connectivity index is 1.81. The van der Waals surface area contributed by atoms with Crippen LogP contribution in [-0.2, 0) is 10.5 Å². The van der Waals surface area contributed by atoms with Gasteiger partial charge in [-0.1, -0.05) is 36.4 Å². The van der Waals surface area contributed by atoms with E-state index in [2.05, 4.69) is 56.4 Å². The van der Waals surface area contributed by atoms with E-state index in [-0.39, 0.29) is 5.91 Å². The van der Waals surface area contributed by atoms with Crippen LogP contribution in [0, 0.1) is 27.7 Å². The third-order valence-electron chi connectivity index (χ3n) is 4.24. The van der Waals surface area contributed by atoms with E-state index in [0.717, 1.165) is 11.3 Å². The van der Waals surface area contributed by atoms with Crippen molar-refractivity contribution >= 4 is 23.9 Å². The van der Waals surface area contributed by atoms with Crippen LogP contribution in [0.1, 0.15) is 33.4 Å². The lowest BCUT2D eigenvalue weighted by atomic mass is 10.00. The lowest BCUT2D eigenvalue weighted by Gasteiger charge is -2.07. The molecule has 1 amide bonds. The van der Waals surface area contributed by atoms with E-state index in [1.165, 1.54) is 27.8 Å². The molecular weight excluding hydrogens is 316 g/mol. The minimum atomic E-state index is -0.0775. The normalized spacial score (nSPS) is 11.0. The molecule has 2 rings (SSSR count). The number of aryl methyl sites for hydroxylation is 2. The lowest BCUT2D eigenvalue weighted by molar-refractivity contribution is -0.118. The Kier molecular flexibility index (Phi) is 6.62. The van der Waals surface area contributed by atoms with Gasteiger partial charge < -0.3 is 0 Å². The summed E-state index contributed by atoms with van der Waals surface area (Å²) in [5.41, 5.74) is 9.89. The molecule has 0 unspecified atom stereocenters. The molecule has 1 N–H and O–H groups in total. The molecule has 4 heteroatoms. The van der Waals surface area contributed by atoms with Crippen molar-refractivity contribution in [3.05, 3.63) is 69.8 Å². The number of hydrazone groups is 1. The zero-order valence-electron chi connectivity index (χ0n) is 14.7. The third-order valence-corrected chi connectivity index (χ3v) is 5.23. The van der Waals surface area contributed by atoms with Gasteiger partial charge in [-0.2, -0.15) is 5.10 Å². The van der Waals surface area contributed by atoms with Crippen LogP contribution in [0.3, 0.4) is 0 Å². The van der Waals surface area contributed by atoms with E-state index in [4.69, 9.17) is 0 Å². The van der Waals surface area contributed by atoms with Gasteiger partial charge in [0.15, 0.2) is 0 Å². The maximum Gasteiger partial charge on any atom is 0.250 e. The fraction of sp³-hybridized carbons (Fsp3) is 0.300. The number of hydrogen-bond acceptors (Lipinski definition) is 3. The molecule has 3 nitrogen and oxygen atoms in total. The van der Waals surface area contributed by atoms with Crippen molar-refractivity contribution in [3.8, 4) is 0 Å². The van der Waals surface area contributed by atoms with E-state index in [1.807, 2.05) is 18.2 Å². The van der Waals surface area contributed by atoms with Crippen molar-refractivity contribution in [2.24, 2.45) is 5.10 Å². The van der Waals surface area contributed by atoms with Crippen LogP contribution in [0.4, 0.5) is 0 Å². The number of carbonyl (C=O) groups excluding carboxylic acids is 1. The Morgan fingerprint density at radius 1 is 1.04 bits per heavy atom. The Labute approximate surface area is 148 Å². The molecule has 0 saturated heterocycles. The molecular formula is C20H24N2OS. The highest BCUT2D eigenvalue weighted by Crippen LogP contribution is 2.16. The molecule has 0 aliphatic rings. The fourth-order valence-electron chi connectivity index (χ4n) is 2.35. The van der Waals surface area contributed by atoms with Crippen LogP contribution in [0.5, 0.6) is 0 Å². The van der Waals surface area contributed by atoms with Gasteiger partial charge in [-0.15, -0.1) is 11.8 Å². The number of nitrogens with zero attached hydrogens (tertiary/aromatic N) is 1. The molecule has 0 fully saturated rings. The average Bonchev–Trinajstić information content (AvgIpc) is 2.56. The van der Waals surface area contributed by atoms with Crippen LogP contribution < -0.4 is 5.43 Å². The van der Waals surface area contributed by atoms with Gasteiger partial charge in [0.2, 0.25) is 5.91 Å². The van der Waals surface area contributed by atoms with Crippen molar-refractivity contribution < 1.29 is 4.79 Å². The number of nitrogens with one attached hydrogen (secondary N) is 1. The van der Waals surface area contributed by atoms with Gasteiger partial charge in [-0.3, -0.25) is 4.79 Å². The SMILES string of the molecule is Cc1ccccc1CSCC(=O)N/N=C\c1ccc(C)c(C)c1C. The molecule has 0 aromatic heterocycles. The Bertz CT molecular complexity index is 753. The first-order valence-electron chi connectivity index (χ1n) is 8.00. The maximum atomic E-state index is 11.9. The van der Waals surface area contributed by atoms with Crippen LogP contribution in [0.15, 0.2) is 41.5 Å². The van der Waals surface area contributed by atoms with Gasteiger partial charge in [0.05, 0.1) is 12.0 Å². The van der Waals surface area contributed by atoms with Gasteiger partial charge >= 0.3 is 0 Å². The number of rotatable bonds is 6. The second-order valence-corrected chi connectivity index (χ2v) is 6.92. The van der Waals surface area contributed by atoms with Gasteiger partial charge in [-0.25, -0.2) is 5.43 Å². The Morgan fingerprint density at radius 3 is 2.54 bits per heavy atom. The van der Waals surface area contributed by atoms with Crippen molar-refractivity contribution in [3.63, 3.8) is 0 Å². The smallest absolute Gasteiger partial charge is 0.250 e. The topological polar surface area (TPSA) is 41.5 Å². The van der Waals surface area contributed by atoms with Crippen molar-refractivity contribution in [1.82, 2.24) is 5.43 Å². The number of thioether (sulfide) groups is 1. The van der Waals surface area contributed by atoms with Gasteiger partial charge in [0.1, 0.15) is 0 Å². The van der Waals surface area contributed by atoms with Crippen LogP contribution in [-0.4, -0.2) is 17.9 Å². The first-order chi connectivity index (χ1) is 11.5. The standard InChI is InChI=1S/C20H24N2OS/c1-14-9-10-18(17(4)16(14)3)11-21-22-20(23)13-24-12-19-8-6-5-7-15(19)2/h5-11H,12-13H2,1-4H3,(H,22,23)/b21-11-. The second kappa shape index (κ2) is 8.69. The summed E-state index contributed by atoms with van der Waals surface area (Å²) >= 11 is 1.60. The predicted octanol–water partition coefficient (Wildman–Crippen LogP) is 4.30. The van der Waals surface area contributed by atoms with Gasteiger partial charge in [-0.05, 0) is 61.1 Å². The molecule has 0 atom stereocenters. The summed E-state index contributed by atoms with van der Waals surface area (Å²) in [5, 5.41) is 4.08. The molecule has 0 aliphatic heterocycles. The largest absolute Gasteiger partial charge is 0.272 e. The summed E-state index contributed by atoms with van der Waals surface area (Å²) < 4.78 is 0. The first-order valence-corrected chi connectivity index (χ1v) is 9.15. The monoisotopic (exact) mass is 340 g/mol. The average molecular weight is 340 g/mol. The molecule has 0 heterocycles. The van der Waals surface area contributed by atoms with Crippen molar-refractivity contribution in [1.29, 1.82) is 0 Å². The van der Waals surface area contributed by atoms with E-state index in [1.54, 1.807) is 18.0 Å². The number of carbonyl (C=O) groups is 1. The van der Waals surface area contributed by atoms with E-state index in [0.29, 0.717) is 5.75 Å². The summed E-state index contributed by atoms with van der Waals surface area (Å²) in [6, 6.07) is 12.3. The third kappa shape index (κ3) is 4.96. The van der Waals surface area contributed by atoms with Crippen LogP contribution >= 0.6 is 11.8 Å². The zero-order chi connectivity index (χ0) is 17.5. The number of hydrogen-bond donors (Lipinski definition) is 1. The highest BCUT2D eigenvalue weighted by molar-refractivity contribution is 7.99. The minimum Gasteiger partial charge on any atom is -0.272 e. The van der Waals surface area contributed by atoms with Gasteiger partial charge in [0, 0.05) is 5.75 Å². The zero-order valence-corrected chi connectivity index (χ0v) is 15.5. The van der Waals surface area contributed by atoms with Crippen molar-refractivity contribution in [2.75, 3.05) is 5.75 Å². The predicted molar refractivity (Wildman–Crippen MR) is 104 cm³/mol. The molecule has 0 radical (unpaired) electrons. The molecule has 0 saturated carbocycles. The highest BCUT2D eigenvalue weighted by atomic mass is 32.2. The van der Waals surface area contributed by atoms with E-state index < -0.39 is 0 Å². The maximum absolute atomic E-state index is 11.9. The van der Waals surface area contributed by atoms with E-state index >= 15 is 0 Å². The summed E-state index contributed by atoms with van der Waals surface area (Å²) in [6.07, 6.45) is 1.71. The molecule has 2 aromatic rings. The molecule has 0 bridgehead atoms. The first kappa shape index (κ1) is 18.3. The summed E-state index contributed by atoms with van der Waals surface area (Å²) in [5.74, 6) is 1.16. The van der Waals surface area contributed by atoms with Crippen molar-refractivity contribution in [2.45, 2.75) is 33.4 Å². The fourth-order valence-corrected chi connectivity index (χ4v) is 3.24. The molecule has 24 heavy (non-hydrogen) atoms. The highest BCUT2D eigenvalue weighted by Gasteiger charge is 2.04. The quantitative estimate of drug-likeness (QED) is 0.629. The van der Waals surface area contributed by atoms with E-state index in [9.17, 15) is 4.79 Å². The molecule has 0 spiro atoms. The van der Waals surface area contributed by atoms with Crippen LogP contribution in [0.2, 0.25) is 0 Å². The minimum absolute atomic E-state index is 0.0775.